The molecule has 1 aromatic rings. The number of nitrogens with zero attached hydrogens (tertiary/aromatic N) is 1. The molecule has 160 valence electrons. The van der Waals surface area contributed by atoms with Crippen molar-refractivity contribution < 1.29 is 0 Å². The maximum Gasteiger partial charge on any atom is 0.0686 e. The van der Waals surface area contributed by atoms with Gasteiger partial charge in [0.15, 0.2) is 0 Å². The van der Waals surface area contributed by atoms with Crippen LogP contribution in [0.4, 0.5) is 0 Å². The summed E-state index contributed by atoms with van der Waals surface area (Å²) in [6.07, 6.45) is 8.02. The lowest BCUT2D eigenvalue weighted by atomic mass is 10.1. The van der Waals surface area contributed by atoms with Crippen LogP contribution in [-0.2, 0) is 0 Å². The maximum absolute atomic E-state index is 4.60. The Bertz CT molecular complexity index is 518. The van der Waals surface area contributed by atoms with E-state index in [1.165, 1.54) is 18.4 Å². The summed E-state index contributed by atoms with van der Waals surface area (Å²) < 4.78 is 1.10. The number of hydrazone groups is 1. The molecule has 0 saturated carbocycles. The third-order valence-corrected chi connectivity index (χ3v) is 3.46. The predicted octanol–water partition coefficient (Wildman–Crippen LogP) is 8.24. The minimum Gasteiger partial charge on any atom is -0.303 e. The molecule has 1 aromatic carbocycles. The molecular weight excluding hydrogens is 408 g/mol. The first-order valence-corrected chi connectivity index (χ1v) is 11.0. The number of nitrogens with one attached hydrogen (secondary N) is 1. The van der Waals surface area contributed by atoms with Crippen LogP contribution < -0.4 is 5.43 Å². The van der Waals surface area contributed by atoms with Crippen LogP contribution in [0.5, 0.6) is 0 Å². The van der Waals surface area contributed by atoms with Crippen molar-refractivity contribution in [2.24, 2.45) is 11.0 Å². The summed E-state index contributed by atoms with van der Waals surface area (Å²) in [6, 6.07) is 8.49. The standard InChI is InChI=1S/C10H13BrN2.C7H12.C3H8.C3H4.C2H6/c1-3-10(13-12-2)8-4-6-9(11)7-5-8;1-4-6-7(3)5-2;2*1-3-2;1-2/h4-7,10,13H,2-3H2,1H3;7H,5H2,1-3H3;3H2,1-2H3;1H,2H3;1-2H3. The molecule has 1 rings (SSSR count). The van der Waals surface area contributed by atoms with Crippen LogP contribution in [0.25, 0.3) is 0 Å². The third-order valence-electron chi connectivity index (χ3n) is 2.93. The third kappa shape index (κ3) is 26.5. The largest absolute Gasteiger partial charge is 0.303 e. The van der Waals surface area contributed by atoms with Crippen molar-refractivity contribution in [2.45, 2.75) is 87.6 Å². The van der Waals surface area contributed by atoms with Gasteiger partial charge in [0, 0.05) is 17.1 Å². The average Bonchev–Trinajstić information content (AvgIpc) is 2.70. The Labute approximate surface area is 185 Å². The average molecular weight is 452 g/mol. The zero-order chi connectivity index (χ0) is 22.8. The predicted molar refractivity (Wildman–Crippen MR) is 135 cm³/mol. The van der Waals surface area contributed by atoms with Crippen LogP contribution in [0.1, 0.15) is 93.2 Å². The summed E-state index contributed by atoms with van der Waals surface area (Å²) in [5.41, 5.74) is 4.20. The molecule has 0 aliphatic carbocycles. The van der Waals surface area contributed by atoms with Gasteiger partial charge in [0.05, 0.1) is 6.04 Å². The van der Waals surface area contributed by atoms with Gasteiger partial charge < -0.3 is 5.43 Å². The second-order valence-electron chi connectivity index (χ2n) is 5.50. The second-order valence-corrected chi connectivity index (χ2v) is 6.41. The van der Waals surface area contributed by atoms with Gasteiger partial charge in [-0.2, -0.15) is 5.10 Å². The highest BCUT2D eigenvalue weighted by Crippen LogP contribution is 2.19. The molecule has 0 bridgehead atoms. The van der Waals surface area contributed by atoms with Gasteiger partial charge in [0.25, 0.3) is 0 Å². The lowest BCUT2D eigenvalue weighted by Gasteiger charge is -2.14. The Morgan fingerprint density at radius 3 is 1.75 bits per heavy atom. The van der Waals surface area contributed by atoms with E-state index in [0.29, 0.717) is 5.92 Å². The van der Waals surface area contributed by atoms with Crippen molar-refractivity contribution in [2.75, 3.05) is 0 Å². The van der Waals surface area contributed by atoms with Gasteiger partial charge in [-0.05, 0) is 44.4 Å². The van der Waals surface area contributed by atoms with Crippen molar-refractivity contribution in [1.29, 1.82) is 0 Å². The number of rotatable bonds is 5. The normalized spacial score (nSPS) is 9.75. The van der Waals surface area contributed by atoms with E-state index in [2.05, 4.69) is 104 Å². The molecule has 2 nitrogen and oxygen atoms in total. The minimum absolute atomic E-state index is 0.269. The Morgan fingerprint density at radius 2 is 1.50 bits per heavy atom. The number of hydrogen-bond acceptors (Lipinski definition) is 2. The molecule has 2 atom stereocenters. The summed E-state index contributed by atoms with van der Waals surface area (Å²) in [5, 5.41) is 3.69. The molecule has 0 aliphatic rings. The Morgan fingerprint density at radius 1 is 1.07 bits per heavy atom. The lowest BCUT2D eigenvalue weighted by molar-refractivity contribution is 0.544. The van der Waals surface area contributed by atoms with Crippen LogP contribution in [0.2, 0.25) is 0 Å². The zero-order valence-electron chi connectivity index (χ0n) is 19.7. The molecule has 0 aromatic heterocycles. The molecule has 0 amide bonds. The molecule has 0 spiro atoms. The van der Waals surface area contributed by atoms with E-state index in [4.69, 9.17) is 0 Å². The van der Waals surface area contributed by atoms with Gasteiger partial charge in [-0.25, -0.2) is 0 Å². The Kier molecular flexibility index (Phi) is 36.3. The van der Waals surface area contributed by atoms with Crippen molar-refractivity contribution in [3.8, 4) is 24.2 Å². The van der Waals surface area contributed by atoms with E-state index in [-0.39, 0.29) is 6.04 Å². The van der Waals surface area contributed by atoms with E-state index in [0.717, 1.165) is 10.9 Å². The summed E-state index contributed by atoms with van der Waals surface area (Å²) >= 11 is 3.40. The summed E-state index contributed by atoms with van der Waals surface area (Å²) in [6.45, 7) is 21.6. The number of hydrogen-bond donors (Lipinski definition) is 1. The number of terminal acetylenes is 1. The Hall–Kier alpha value is -1.71. The summed E-state index contributed by atoms with van der Waals surface area (Å²) in [7, 11) is 0. The molecule has 2 unspecified atom stereocenters. The first-order valence-electron chi connectivity index (χ1n) is 10.2. The van der Waals surface area contributed by atoms with E-state index < -0.39 is 0 Å². The fourth-order valence-electron chi connectivity index (χ4n) is 1.56. The van der Waals surface area contributed by atoms with Gasteiger partial charge >= 0.3 is 0 Å². The van der Waals surface area contributed by atoms with Gasteiger partial charge in [0.2, 0.25) is 0 Å². The van der Waals surface area contributed by atoms with Crippen molar-refractivity contribution in [3.05, 3.63) is 34.3 Å². The van der Waals surface area contributed by atoms with Gasteiger partial charge in [-0.15, -0.1) is 24.2 Å². The van der Waals surface area contributed by atoms with E-state index in [1.807, 2.05) is 32.9 Å². The SMILES string of the molecule is C#CC.C=NNC(CC)c1ccc(Br)cc1.CC.CC#CC(C)CC.CCC. The molecule has 0 radical (unpaired) electrons. The minimum atomic E-state index is 0.269. The molecule has 28 heavy (non-hydrogen) atoms. The number of halogens is 1. The molecule has 0 fully saturated rings. The maximum atomic E-state index is 4.60. The van der Waals surface area contributed by atoms with Crippen LogP contribution >= 0.6 is 15.9 Å². The topological polar surface area (TPSA) is 24.4 Å². The molecular formula is C25H43BrN2. The van der Waals surface area contributed by atoms with Crippen molar-refractivity contribution in [1.82, 2.24) is 5.43 Å². The van der Waals surface area contributed by atoms with Crippen LogP contribution in [0.15, 0.2) is 33.8 Å². The van der Waals surface area contributed by atoms with E-state index in [1.54, 1.807) is 6.92 Å². The highest BCUT2D eigenvalue weighted by atomic mass is 79.9. The second kappa shape index (κ2) is 30.0. The first kappa shape index (κ1) is 33.8. The lowest BCUT2D eigenvalue weighted by Crippen LogP contribution is -2.13. The van der Waals surface area contributed by atoms with Gasteiger partial charge in [-0.1, -0.05) is 82.9 Å². The summed E-state index contributed by atoms with van der Waals surface area (Å²) in [5.74, 6) is 8.75. The zero-order valence-corrected chi connectivity index (χ0v) is 21.3. The molecule has 3 heteroatoms. The van der Waals surface area contributed by atoms with Crippen LogP contribution in [0.3, 0.4) is 0 Å². The molecule has 0 saturated heterocycles. The molecule has 1 N–H and O–H groups in total. The van der Waals surface area contributed by atoms with Gasteiger partial charge in [-0.3, -0.25) is 0 Å². The van der Waals surface area contributed by atoms with Crippen LogP contribution in [0, 0.1) is 30.1 Å². The van der Waals surface area contributed by atoms with Crippen molar-refractivity contribution >= 4 is 22.6 Å². The quantitative estimate of drug-likeness (QED) is 0.272. The van der Waals surface area contributed by atoms with Gasteiger partial charge in [0.1, 0.15) is 0 Å². The first-order chi connectivity index (χ1) is 13.4. The number of benzene rings is 1. The van der Waals surface area contributed by atoms with E-state index >= 15 is 0 Å². The Balaban J connectivity index is -0.000000162. The highest BCUT2D eigenvalue weighted by Gasteiger charge is 2.06. The van der Waals surface area contributed by atoms with E-state index in [9.17, 15) is 0 Å². The molecule has 0 heterocycles. The highest BCUT2D eigenvalue weighted by molar-refractivity contribution is 9.10. The smallest absolute Gasteiger partial charge is 0.0686 e. The fourth-order valence-corrected chi connectivity index (χ4v) is 1.82. The molecule has 0 aliphatic heterocycles. The van der Waals surface area contributed by atoms with Crippen LogP contribution in [-0.4, -0.2) is 6.72 Å². The monoisotopic (exact) mass is 450 g/mol. The van der Waals surface area contributed by atoms with Crippen molar-refractivity contribution in [3.63, 3.8) is 0 Å². The summed E-state index contributed by atoms with van der Waals surface area (Å²) in [4.78, 5) is 0. The fraction of sp³-hybridized carbons (Fsp3) is 0.560.